The van der Waals surface area contributed by atoms with Crippen molar-refractivity contribution in [3.63, 3.8) is 0 Å². The molecule has 0 spiro atoms. The van der Waals surface area contributed by atoms with Gasteiger partial charge in [-0.2, -0.15) is 9.97 Å². The number of aliphatic hydroxyl groups is 1. The van der Waals surface area contributed by atoms with Crippen LogP contribution < -0.4 is 22.0 Å². The fraction of sp³-hybridized carbons (Fsp3) is 0.571. The molecule has 0 radical (unpaired) electrons. The van der Waals surface area contributed by atoms with Crippen molar-refractivity contribution in [3.8, 4) is 0 Å². The fourth-order valence-electron chi connectivity index (χ4n) is 9.51. The number of carbonyl (C=O) groups excluding carboxylic acids is 3. The first-order valence-electron chi connectivity index (χ1n) is 27.1. The van der Waals surface area contributed by atoms with E-state index in [0.29, 0.717) is 0 Å². The molecule has 4 atom stereocenters. The van der Waals surface area contributed by atoms with Gasteiger partial charge in [0.25, 0.3) is 0 Å². The van der Waals surface area contributed by atoms with E-state index in [1.807, 2.05) is 60.7 Å². The summed E-state index contributed by atoms with van der Waals surface area (Å²) in [6.45, 7) is 4.55. The van der Waals surface area contributed by atoms with E-state index in [4.69, 9.17) is 43.4 Å². The third kappa shape index (κ3) is 20.4. The number of anilines is 2. The molecule has 0 unspecified atom stereocenters. The molecule has 21 nitrogen and oxygen atoms in total. The van der Waals surface area contributed by atoms with Gasteiger partial charge in [-0.15, -0.1) is 0 Å². The quantitative estimate of drug-likeness (QED) is 0.0344. The number of esters is 1. The zero-order valence-electron chi connectivity index (χ0n) is 44.2. The maximum Gasteiger partial charge on any atom is 0.413 e. The lowest BCUT2D eigenvalue weighted by molar-refractivity contribution is -0.164. The summed E-state index contributed by atoms with van der Waals surface area (Å²) in [5.41, 5.74) is 0.452. The van der Waals surface area contributed by atoms with Crippen LogP contribution in [0.3, 0.4) is 0 Å². The number of hydrogen-bond donors (Lipinski definition) is 4. The van der Waals surface area contributed by atoms with Crippen molar-refractivity contribution >= 4 is 35.8 Å². The van der Waals surface area contributed by atoms with Crippen LogP contribution in [0.4, 0.5) is 21.2 Å². The number of aromatic nitrogens is 4. The number of aliphatic hydroxyl groups excluding tert-OH is 1. The zero-order chi connectivity index (χ0) is 54.8. The van der Waals surface area contributed by atoms with Gasteiger partial charge < -0.3 is 43.4 Å². The number of aliphatic carboxylic acids is 1. The van der Waals surface area contributed by atoms with Crippen molar-refractivity contribution in [1.82, 2.24) is 19.1 Å². The lowest BCUT2D eigenvalue weighted by Crippen LogP contribution is -2.30. The van der Waals surface area contributed by atoms with Gasteiger partial charge in [-0.3, -0.25) is 29.4 Å². The molecule has 4 aromatic rings. The molecule has 2 amide bonds. The van der Waals surface area contributed by atoms with Gasteiger partial charge in [0.2, 0.25) is 0 Å². The number of ether oxygens (including phenoxy) is 7. The Bertz CT molecular complexity index is 2530. The molecule has 2 aromatic carbocycles. The highest BCUT2D eigenvalue weighted by atomic mass is 16.8. The average molecular weight is 1070 g/mol. The highest BCUT2D eigenvalue weighted by Gasteiger charge is 2.33. The standard InChI is InChI=1S/C28H37N3O7.C16H17N3O6.C12H22O2/c1-2-3-5-8-20-11-13-22(14-12-20)26(32)36-19-25-35-18-24(38-25)31-16-15-23(29-27(31)33)30-28(34)37-17-21-9-6-4-7-10-21;20-8-14-23-10-13(25-14)19-7-6-12(17-15(19)21)18-16(22)24-9-11-4-2-1-3-5-11;1-2-3-4-5-10-6-8-11(9-7-10)12(13)14/h4,6-7,9-10,15-16,20,22,24-25H,2-3,5,8,11-14,17-19H2,1H3,(H,29,30,33,34);1-7,13-14,20H,8-10H2,(H,17,18,21,22);10-11H,2-9H2,1H3,(H,13,14)/t20?,22?,24-,25-;13-,14-;/m00./s1. The summed E-state index contributed by atoms with van der Waals surface area (Å²) in [7, 11) is 0. The molecule has 2 aromatic heterocycles. The minimum atomic E-state index is -0.761. The Morgan fingerprint density at radius 3 is 1.45 bits per heavy atom. The minimum absolute atomic E-state index is 0.0269. The summed E-state index contributed by atoms with van der Waals surface area (Å²) in [4.78, 5) is 79.2. The molecule has 2 aliphatic heterocycles. The van der Waals surface area contributed by atoms with Gasteiger partial charge in [-0.25, -0.2) is 19.2 Å². The van der Waals surface area contributed by atoms with Gasteiger partial charge in [0.1, 0.15) is 31.5 Å². The van der Waals surface area contributed by atoms with Crippen molar-refractivity contribution in [2.45, 2.75) is 155 Å². The first-order valence-corrected chi connectivity index (χ1v) is 27.1. The smallest absolute Gasteiger partial charge is 0.413 e. The van der Waals surface area contributed by atoms with Crippen LogP contribution in [0.1, 0.15) is 140 Å². The molecule has 77 heavy (non-hydrogen) atoms. The summed E-state index contributed by atoms with van der Waals surface area (Å²) in [5.74, 6) is 0.764. The number of carbonyl (C=O) groups is 4. The number of hydrogen-bond acceptors (Lipinski definition) is 16. The van der Waals surface area contributed by atoms with Crippen molar-refractivity contribution < 1.29 is 62.5 Å². The maximum atomic E-state index is 12.5. The van der Waals surface area contributed by atoms with Gasteiger partial charge in [-0.1, -0.05) is 126 Å². The third-order valence-electron chi connectivity index (χ3n) is 14.0. The van der Waals surface area contributed by atoms with Crippen LogP contribution in [0.5, 0.6) is 0 Å². The normalized spacial score (nSPS) is 22.7. The number of amides is 2. The summed E-state index contributed by atoms with van der Waals surface area (Å²) < 4.78 is 40.0. The molecule has 2 aliphatic carbocycles. The van der Waals surface area contributed by atoms with E-state index in [-0.39, 0.29) is 69.1 Å². The number of benzene rings is 2. The van der Waals surface area contributed by atoms with Crippen LogP contribution in [-0.4, -0.2) is 92.4 Å². The van der Waals surface area contributed by atoms with E-state index in [9.17, 15) is 28.8 Å². The Labute approximate surface area is 448 Å². The molecule has 4 N–H and O–H groups in total. The molecule has 8 rings (SSSR count). The van der Waals surface area contributed by atoms with Crippen LogP contribution in [0, 0.1) is 23.7 Å². The van der Waals surface area contributed by atoms with E-state index in [1.54, 1.807) is 0 Å². The first-order chi connectivity index (χ1) is 37.4. The topological polar surface area (TPSA) is 267 Å². The van der Waals surface area contributed by atoms with Crippen LogP contribution >= 0.6 is 0 Å². The second kappa shape index (κ2) is 32.3. The Balaban J connectivity index is 0.000000210. The third-order valence-corrected chi connectivity index (χ3v) is 14.0. The monoisotopic (exact) mass is 1070 g/mol. The Morgan fingerprint density at radius 1 is 0.597 bits per heavy atom. The van der Waals surface area contributed by atoms with Crippen molar-refractivity contribution in [2.75, 3.05) is 37.1 Å². The predicted molar refractivity (Wildman–Crippen MR) is 282 cm³/mol. The number of carboxylic acid groups (broad SMARTS) is 1. The van der Waals surface area contributed by atoms with Crippen molar-refractivity contribution in [3.05, 3.63) is 117 Å². The summed E-state index contributed by atoms with van der Waals surface area (Å²) in [6, 6.07) is 21.4. The molecule has 4 aliphatic rings. The van der Waals surface area contributed by atoms with Crippen LogP contribution in [0.25, 0.3) is 0 Å². The lowest BCUT2D eigenvalue weighted by Gasteiger charge is -2.27. The highest BCUT2D eigenvalue weighted by molar-refractivity contribution is 5.83. The summed E-state index contributed by atoms with van der Waals surface area (Å²) in [5, 5.41) is 22.6. The number of rotatable bonds is 21. The van der Waals surface area contributed by atoms with E-state index in [0.717, 1.165) is 74.3 Å². The molecule has 4 heterocycles. The molecule has 0 bridgehead atoms. The molecule has 21 heteroatoms. The van der Waals surface area contributed by atoms with Gasteiger partial charge in [0.05, 0.1) is 31.7 Å². The number of unbranched alkanes of at least 4 members (excludes halogenated alkanes) is 4. The largest absolute Gasteiger partial charge is 0.481 e. The molecule has 2 saturated carbocycles. The Morgan fingerprint density at radius 2 is 1.04 bits per heavy atom. The van der Waals surface area contributed by atoms with E-state index in [1.165, 1.54) is 85.0 Å². The Hall–Kier alpha value is -6.52. The number of nitrogens with zero attached hydrogens (tertiary/aromatic N) is 4. The molecule has 4 fully saturated rings. The maximum absolute atomic E-state index is 12.5. The molecular formula is C56H76N6O15. The predicted octanol–water partition coefficient (Wildman–Crippen LogP) is 9.11. The highest BCUT2D eigenvalue weighted by Crippen LogP contribution is 2.34. The van der Waals surface area contributed by atoms with Gasteiger partial charge in [0, 0.05) is 12.4 Å². The Kier molecular flexibility index (Phi) is 25.0. The van der Waals surface area contributed by atoms with Crippen LogP contribution in [0.2, 0.25) is 0 Å². The second-order valence-corrected chi connectivity index (χ2v) is 19.7. The zero-order valence-corrected chi connectivity index (χ0v) is 44.2. The van der Waals surface area contributed by atoms with Crippen molar-refractivity contribution in [1.29, 1.82) is 0 Å². The van der Waals surface area contributed by atoms with Crippen molar-refractivity contribution in [2.24, 2.45) is 23.7 Å². The summed E-state index contributed by atoms with van der Waals surface area (Å²) in [6.07, 6.45) is 16.8. The van der Waals surface area contributed by atoms with E-state index in [2.05, 4.69) is 34.4 Å². The molecule has 420 valence electrons. The lowest BCUT2D eigenvalue weighted by atomic mass is 9.80. The second-order valence-electron chi connectivity index (χ2n) is 19.7. The van der Waals surface area contributed by atoms with Gasteiger partial charge >= 0.3 is 35.5 Å². The fourth-order valence-corrected chi connectivity index (χ4v) is 9.51. The van der Waals surface area contributed by atoms with Crippen LogP contribution in [-0.2, 0) is 56.0 Å². The number of carboxylic acids is 1. The SMILES string of the molecule is CCCCCC1CCC(C(=O)O)CC1.CCCCCC1CCC(C(=O)OC[C@H]2OC[C@@H](n3ccc(NC(=O)OCc4ccccc4)nc3=O)O2)CC1.O=C(Nc1ccn([C@@H]2CO[C@H](CO)O2)c(=O)n1)OCc1ccccc1. The van der Waals surface area contributed by atoms with E-state index >= 15 is 0 Å². The van der Waals surface area contributed by atoms with Gasteiger partial charge in [-0.05, 0) is 86.5 Å². The van der Waals surface area contributed by atoms with E-state index < -0.39 is 54.6 Å². The van der Waals surface area contributed by atoms with Crippen LogP contribution in [0.15, 0.2) is 94.8 Å². The average Bonchev–Trinajstić information content (AvgIpc) is 4.15. The summed E-state index contributed by atoms with van der Waals surface area (Å²) >= 11 is 0. The molecular weight excluding hydrogens is 997 g/mol. The van der Waals surface area contributed by atoms with Gasteiger partial charge in [0.15, 0.2) is 25.0 Å². The molecule has 2 saturated heterocycles. The number of nitrogens with one attached hydrogen (secondary N) is 2. The minimum Gasteiger partial charge on any atom is -0.481 e. The first kappa shape index (κ1) is 59.7.